The molecule has 0 amide bonds. The maximum absolute atomic E-state index is 11.2. The van der Waals surface area contributed by atoms with Crippen molar-refractivity contribution >= 4 is 11.7 Å². The number of nitrogens with zero attached hydrogens (tertiary/aromatic N) is 4. The second-order valence-corrected chi connectivity index (χ2v) is 4.35. The number of rotatable bonds is 6. The summed E-state index contributed by atoms with van der Waals surface area (Å²) in [6, 6.07) is 1.28. The molecular weight excluding hydrogens is 280 g/mol. The summed E-state index contributed by atoms with van der Waals surface area (Å²) in [6.45, 7) is 3.68. The molecule has 0 aliphatic carbocycles. The fraction of sp³-hybridized carbons (Fsp3) is 0.417. The molecule has 0 bridgehead atoms. The van der Waals surface area contributed by atoms with Crippen molar-refractivity contribution in [2.24, 2.45) is 0 Å². The number of aryl methyl sites for hydroxylation is 1. The zero-order valence-corrected chi connectivity index (χ0v) is 11.6. The Labute approximate surface area is 119 Å². The van der Waals surface area contributed by atoms with Crippen LogP contribution in [0.3, 0.4) is 0 Å². The van der Waals surface area contributed by atoms with Gasteiger partial charge >= 0.3 is 11.7 Å². The molecule has 0 saturated heterocycles. The van der Waals surface area contributed by atoms with Crippen molar-refractivity contribution in [3.63, 3.8) is 0 Å². The molecule has 2 aromatic rings. The lowest BCUT2D eigenvalue weighted by Gasteiger charge is -2.01. The van der Waals surface area contributed by atoms with Crippen LogP contribution in [0.5, 0.6) is 0 Å². The summed E-state index contributed by atoms with van der Waals surface area (Å²) in [6.07, 6.45) is 0.871. The Morgan fingerprint density at radius 1 is 1.48 bits per heavy atom. The largest absolute Gasteiger partial charge is 0.476 e. The van der Waals surface area contributed by atoms with Gasteiger partial charge in [-0.15, -0.1) is 0 Å². The third-order valence-corrected chi connectivity index (χ3v) is 3.04. The molecule has 9 nitrogen and oxygen atoms in total. The van der Waals surface area contributed by atoms with Gasteiger partial charge < -0.3 is 9.63 Å². The van der Waals surface area contributed by atoms with Crippen molar-refractivity contribution in [2.45, 2.75) is 33.2 Å². The number of hydrogen-bond acceptors (Lipinski definition) is 6. The highest BCUT2D eigenvalue weighted by atomic mass is 16.6. The van der Waals surface area contributed by atoms with Gasteiger partial charge in [0.1, 0.15) is 17.9 Å². The minimum Gasteiger partial charge on any atom is -0.476 e. The van der Waals surface area contributed by atoms with Crippen molar-refractivity contribution < 1.29 is 19.3 Å². The fourth-order valence-electron chi connectivity index (χ4n) is 2.11. The monoisotopic (exact) mass is 294 g/mol. The molecule has 2 rings (SSSR count). The smallest absolute Gasteiger partial charge is 0.358 e. The Balaban J connectivity index is 2.39. The SMILES string of the molecule is CCc1nn(Cc2cc(C(=O)O)no2)c(CC)c1[N+](=O)[O-]. The molecule has 0 fully saturated rings. The summed E-state index contributed by atoms with van der Waals surface area (Å²) in [5.41, 5.74) is 0.679. The third-order valence-electron chi connectivity index (χ3n) is 3.04. The summed E-state index contributed by atoms with van der Waals surface area (Å²) in [4.78, 5) is 21.5. The lowest BCUT2D eigenvalue weighted by atomic mass is 10.2. The topological polar surface area (TPSA) is 124 Å². The van der Waals surface area contributed by atoms with E-state index in [1.54, 1.807) is 13.8 Å². The maximum Gasteiger partial charge on any atom is 0.358 e. The van der Waals surface area contributed by atoms with Crippen molar-refractivity contribution in [3.8, 4) is 0 Å². The number of carboxylic acid groups (broad SMARTS) is 1. The van der Waals surface area contributed by atoms with E-state index < -0.39 is 10.9 Å². The Morgan fingerprint density at radius 3 is 2.67 bits per heavy atom. The van der Waals surface area contributed by atoms with Crippen molar-refractivity contribution in [3.05, 3.63) is 39.0 Å². The highest BCUT2D eigenvalue weighted by molar-refractivity contribution is 5.85. The minimum absolute atomic E-state index is 0.0120. The number of aromatic carboxylic acids is 1. The van der Waals surface area contributed by atoms with Gasteiger partial charge in [-0.1, -0.05) is 19.0 Å². The number of carboxylic acids is 1. The quantitative estimate of drug-likeness (QED) is 0.634. The van der Waals surface area contributed by atoms with Crippen LogP contribution in [0.2, 0.25) is 0 Å². The van der Waals surface area contributed by atoms with E-state index in [0.717, 1.165) is 0 Å². The first-order valence-corrected chi connectivity index (χ1v) is 6.39. The number of hydrogen-bond donors (Lipinski definition) is 1. The van der Waals surface area contributed by atoms with Gasteiger partial charge in [0.05, 0.1) is 4.92 Å². The first-order valence-electron chi connectivity index (χ1n) is 6.39. The Hall–Kier alpha value is -2.71. The van der Waals surface area contributed by atoms with Crippen molar-refractivity contribution in [2.75, 3.05) is 0 Å². The zero-order valence-electron chi connectivity index (χ0n) is 11.6. The summed E-state index contributed by atoms with van der Waals surface area (Å²) >= 11 is 0. The van der Waals surface area contributed by atoms with Gasteiger partial charge in [-0.2, -0.15) is 5.10 Å². The Kier molecular flexibility index (Phi) is 4.01. The fourth-order valence-corrected chi connectivity index (χ4v) is 2.11. The Morgan fingerprint density at radius 2 is 2.19 bits per heavy atom. The lowest BCUT2D eigenvalue weighted by Crippen LogP contribution is -2.06. The minimum atomic E-state index is -1.19. The predicted molar refractivity (Wildman–Crippen MR) is 70.2 cm³/mol. The van der Waals surface area contributed by atoms with Gasteiger partial charge in [0, 0.05) is 6.07 Å². The molecule has 9 heteroatoms. The maximum atomic E-state index is 11.2. The summed E-state index contributed by atoms with van der Waals surface area (Å²) in [5, 5.41) is 27.6. The van der Waals surface area contributed by atoms with Crippen LogP contribution in [0.4, 0.5) is 5.69 Å². The molecule has 1 N–H and O–H groups in total. The van der Waals surface area contributed by atoms with E-state index in [-0.39, 0.29) is 23.7 Å². The van der Waals surface area contributed by atoms with Gasteiger partial charge in [-0.25, -0.2) is 4.79 Å². The Bertz CT molecular complexity index is 688. The van der Waals surface area contributed by atoms with Crippen LogP contribution in [-0.2, 0) is 19.4 Å². The molecule has 0 aliphatic heterocycles. The van der Waals surface area contributed by atoms with Crippen LogP contribution in [0.1, 0.15) is 41.5 Å². The van der Waals surface area contributed by atoms with E-state index in [2.05, 4.69) is 10.3 Å². The van der Waals surface area contributed by atoms with Crippen LogP contribution < -0.4 is 0 Å². The van der Waals surface area contributed by atoms with Gasteiger partial charge in [0.15, 0.2) is 11.5 Å². The normalized spacial score (nSPS) is 10.8. The first-order chi connectivity index (χ1) is 9.97. The predicted octanol–water partition coefficient (Wildman–Crippen LogP) is 1.65. The molecule has 112 valence electrons. The third kappa shape index (κ3) is 2.76. The molecule has 21 heavy (non-hydrogen) atoms. The van der Waals surface area contributed by atoms with Gasteiger partial charge in [0.25, 0.3) is 0 Å². The average Bonchev–Trinajstić information content (AvgIpc) is 3.03. The molecule has 0 spiro atoms. The van der Waals surface area contributed by atoms with E-state index in [1.165, 1.54) is 10.7 Å². The van der Waals surface area contributed by atoms with Crippen LogP contribution in [-0.4, -0.2) is 30.9 Å². The first kappa shape index (κ1) is 14.7. The van der Waals surface area contributed by atoms with E-state index in [1.807, 2.05) is 0 Å². The second kappa shape index (κ2) is 5.73. The van der Waals surface area contributed by atoms with Gasteiger partial charge in [0.2, 0.25) is 0 Å². The lowest BCUT2D eigenvalue weighted by molar-refractivity contribution is -0.386. The number of nitro groups is 1. The van der Waals surface area contributed by atoms with E-state index >= 15 is 0 Å². The number of carbonyl (C=O) groups is 1. The average molecular weight is 294 g/mol. The molecule has 0 aliphatic rings. The highest BCUT2D eigenvalue weighted by Crippen LogP contribution is 2.25. The molecule has 2 aromatic heterocycles. The van der Waals surface area contributed by atoms with E-state index in [4.69, 9.17) is 9.63 Å². The van der Waals surface area contributed by atoms with Gasteiger partial charge in [-0.3, -0.25) is 14.8 Å². The van der Waals surface area contributed by atoms with Gasteiger partial charge in [-0.05, 0) is 12.8 Å². The summed E-state index contributed by atoms with van der Waals surface area (Å²) < 4.78 is 6.37. The zero-order chi connectivity index (χ0) is 15.6. The molecule has 0 unspecified atom stereocenters. The summed E-state index contributed by atoms with van der Waals surface area (Å²) in [7, 11) is 0. The van der Waals surface area contributed by atoms with E-state index in [0.29, 0.717) is 24.2 Å². The standard InChI is InChI=1S/C12H14N4O5/c1-3-8-11(16(19)20)10(4-2)15(13-8)6-7-5-9(12(17)18)14-21-7/h5H,3-4,6H2,1-2H3,(H,17,18). The van der Waals surface area contributed by atoms with Crippen molar-refractivity contribution in [1.82, 2.24) is 14.9 Å². The van der Waals surface area contributed by atoms with Crippen molar-refractivity contribution in [1.29, 1.82) is 0 Å². The number of aromatic nitrogens is 3. The second-order valence-electron chi connectivity index (χ2n) is 4.35. The molecule has 0 aromatic carbocycles. The molecule has 0 atom stereocenters. The van der Waals surface area contributed by atoms with Crippen LogP contribution in [0.25, 0.3) is 0 Å². The van der Waals surface area contributed by atoms with Crippen LogP contribution in [0.15, 0.2) is 10.6 Å². The molecule has 0 saturated carbocycles. The van der Waals surface area contributed by atoms with Crippen LogP contribution in [0, 0.1) is 10.1 Å². The van der Waals surface area contributed by atoms with E-state index in [9.17, 15) is 14.9 Å². The summed E-state index contributed by atoms with van der Waals surface area (Å²) in [5.74, 6) is -0.913. The molecule has 0 radical (unpaired) electrons. The highest BCUT2D eigenvalue weighted by Gasteiger charge is 2.26. The molecular formula is C12H14N4O5. The molecule has 2 heterocycles. The van der Waals surface area contributed by atoms with Crippen LogP contribution >= 0.6 is 0 Å².